The van der Waals surface area contributed by atoms with Crippen LogP contribution in [0.2, 0.25) is 0 Å². The number of amides is 1. The van der Waals surface area contributed by atoms with Gasteiger partial charge in [0.15, 0.2) is 5.69 Å². The zero-order valence-corrected chi connectivity index (χ0v) is 12.9. The minimum absolute atomic E-state index is 0. The molecule has 1 N–H and O–H groups in total. The molecule has 0 saturated carbocycles. The quantitative estimate of drug-likeness (QED) is 0.903. The molecule has 2 heterocycles. The zero-order valence-electron chi connectivity index (χ0n) is 12.1. The normalized spacial score (nSPS) is 17.9. The number of carbonyl (C=O) groups excluding carboxylic acids is 1. The highest BCUT2D eigenvalue weighted by Gasteiger charge is 2.23. The van der Waals surface area contributed by atoms with Crippen molar-refractivity contribution in [3.05, 3.63) is 42.0 Å². The second kappa shape index (κ2) is 6.85. The van der Waals surface area contributed by atoms with Crippen molar-refractivity contribution in [3.63, 3.8) is 0 Å². The lowest BCUT2D eigenvalue weighted by atomic mass is 10.2. The summed E-state index contributed by atoms with van der Waals surface area (Å²) in [6.07, 6.45) is 1.44. The molecular formula is C14H17ClFN5O. The van der Waals surface area contributed by atoms with Gasteiger partial charge in [-0.1, -0.05) is 0 Å². The Balaban J connectivity index is 0.00000176. The Hall–Kier alpha value is -1.99. The first-order valence-electron chi connectivity index (χ1n) is 6.84. The molecule has 2 aromatic rings. The van der Waals surface area contributed by atoms with Crippen LogP contribution in [0.4, 0.5) is 4.39 Å². The average Bonchev–Trinajstić information content (AvgIpc) is 2.97. The van der Waals surface area contributed by atoms with Crippen molar-refractivity contribution in [1.82, 2.24) is 25.2 Å². The molecule has 8 heteroatoms. The Morgan fingerprint density at radius 3 is 2.77 bits per heavy atom. The summed E-state index contributed by atoms with van der Waals surface area (Å²) < 4.78 is 12.9. The second-order valence-electron chi connectivity index (χ2n) is 5.10. The van der Waals surface area contributed by atoms with E-state index in [0.717, 1.165) is 6.54 Å². The fourth-order valence-electron chi connectivity index (χ4n) is 2.34. The second-order valence-corrected chi connectivity index (χ2v) is 5.10. The number of benzene rings is 1. The van der Waals surface area contributed by atoms with Crippen molar-refractivity contribution in [2.24, 2.45) is 0 Å². The fourth-order valence-corrected chi connectivity index (χ4v) is 2.34. The Bertz CT molecular complexity index is 645. The molecule has 118 valence electrons. The maximum atomic E-state index is 12.9. The van der Waals surface area contributed by atoms with Crippen molar-refractivity contribution in [1.29, 1.82) is 0 Å². The first-order valence-corrected chi connectivity index (χ1v) is 6.84. The van der Waals surface area contributed by atoms with E-state index in [2.05, 4.69) is 15.5 Å². The molecule has 1 aromatic heterocycles. The van der Waals surface area contributed by atoms with Gasteiger partial charge >= 0.3 is 0 Å². The zero-order chi connectivity index (χ0) is 14.8. The van der Waals surface area contributed by atoms with E-state index in [-0.39, 0.29) is 30.2 Å². The highest BCUT2D eigenvalue weighted by molar-refractivity contribution is 5.92. The van der Waals surface area contributed by atoms with E-state index >= 15 is 0 Å². The lowest BCUT2D eigenvalue weighted by Crippen LogP contribution is -2.51. The Kier molecular flexibility index (Phi) is 5.10. The summed E-state index contributed by atoms with van der Waals surface area (Å²) in [7, 11) is 0. The predicted octanol–water partition coefficient (Wildman–Crippen LogP) is 1.26. The van der Waals surface area contributed by atoms with E-state index in [9.17, 15) is 9.18 Å². The van der Waals surface area contributed by atoms with Crippen LogP contribution in [0, 0.1) is 5.82 Å². The number of hydrogen-bond donors (Lipinski definition) is 1. The third kappa shape index (κ3) is 3.42. The fraction of sp³-hybridized carbons (Fsp3) is 0.357. The smallest absolute Gasteiger partial charge is 0.276 e. The largest absolute Gasteiger partial charge is 0.334 e. The molecule has 1 aliphatic rings. The van der Waals surface area contributed by atoms with Crippen LogP contribution >= 0.6 is 12.4 Å². The van der Waals surface area contributed by atoms with Crippen LogP contribution in [0.3, 0.4) is 0 Å². The highest BCUT2D eigenvalue weighted by atomic mass is 35.5. The van der Waals surface area contributed by atoms with Crippen molar-refractivity contribution in [2.75, 3.05) is 19.6 Å². The van der Waals surface area contributed by atoms with Gasteiger partial charge in [-0.15, -0.1) is 17.5 Å². The minimum atomic E-state index is -0.322. The summed E-state index contributed by atoms with van der Waals surface area (Å²) in [5.74, 6) is -0.450. The van der Waals surface area contributed by atoms with Crippen LogP contribution < -0.4 is 5.32 Å². The van der Waals surface area contributed by atoms with Crippen LogP contribution in [0.15, 0.2) is 30.5 Å². The Labute approximate surface area is 133 Å². The van der Waals surface area contributed by atoms with Gasteiger partial charge in [0, 0.05) is 25.7 Å². The molecule has 0 radical (unpaired) electrons. The summed E-state index contributed by atoms with van der Waals surface area (Å²) in [6, 6.07) is 6.07. The van der Waals surface area contributed by atoms with E-state index in [4.69, 9.17) is 0 Å². The molecule has 1 unspecified atom stereocenters. The van der Waals surface area contributed by atoms with Crippen molar-refractivity contribution < 1.29 is 9.18 Å². The number of halogens is 2. The van der Waals surface area contributed by atoms with Crippen LogP contribution in [-0.2, 0) is 0 Å². The summed E-state index contributed by atoms with van der Waals surface area (Å²) >= 11 is 0. The van der Waals surface area contributed by atoms with Gasteiger partial charge in [0.05, 0.1) is 11.9 Å². The maximum absolute atomic E-state index is 12.9. The van der Waals surface area contributed by atoms with Gasteiger partial charge < -0.3 is 10.2 Å². The van der Waals surface area contributed by atoms with Crippen molar-refractivity contribution in [3.8, 4) is 5.69 Å². The number of hydrogen-bond acceptors (Lipinski definition) is 4. The SMILES string of the molecule is CC1CN(C(=O)c2cnn(-c3ccc(F)cc3)n2)CCN1.Cl. The number of rotatable bonds is 2. The molecule has 1 aromatic carbocycles. The van der Waals surface area contributed by atoms with Gasteiger partial charge in [-0.3, -0.25) is 4.79 Å². The van der Waals surface area contributed by atoms with E-state index in [1.807, 2.05) is 6.92 Å². The Morgan fingerprint density at radius 1 is 1.36 bits per heavy atom. The molecule has 1 fully saturated rings. The standard InChI is InChI=1S/C14H16FN5O.ClH/c1-10-9-19(7-6-16-10)14(21)13-8-17-20(18-13)12-4-2-11(15)3-5-12;/h2-5,8,10,16H,6-7,9H2,1H3;1H. The third-order valence-corrected chi connectivity index (χ3v) is 3.42. The minimum Gasteiger partial charge on any atom is -0.334 e. The first kappa shape index (κ1) is 16.4. The number of nitrogens with one attached hydrogen (secondary N) is 1. The van der Waals surface area contributed by atoms with Crippen LogP contribution in [0.25, 0.3) is 5.69 Å². The molecule has 0 bridgehead atoms. The summed E-state index contributed by atoms with van der Waals surface area (Å²) in [5, 5.41) is 11.5. The third-order valence-electron chi connectivity index (χ3n) is 3.42. The summed E-state index contributed by atoms with van der Waals surface area (Å²) in [4.78, 5) is 15.5. The van der Waals surface area contributed by atoms with E-state index in [0.29, 0.717) is 24.5 Å². The average molecular weight is 326 g/mol. The molecule has 1 aliphatic heterocycles. The number of aromatic nitrogens is 3. The monoisotopic (exact) mass is 325 g/mol. The lowest BCUT2D eigenvalue weighted by molar-refractivity contribution is 0.0702. The Morgan fingerprint density at radius 2 is 2.09 bits per heavy atom. The molecule has 1 saturated heterocycles. The highest BCUT2D eigenvalue weighted by Crippen LogP contribution is 2.09. The van der Waals surface area contributed by atoms with Crippen LogP contribution in [0.5, 0.6) is 0 Å². The van der Waals surface area contributed by atoms with Gasteiger partial charge in [-0.25, -0.2) is 4.39 Å². The molecule has 1 atom stereocenters. The van der Waals surface area contributed by atoms with E-state index in [1.54, 1.807) is 17.0 Å². The number of piperazine rings is 1. The topological polar surface area (TPSA) is 63.1 Å². The molecule has 0 aliphatic carbocycles. The molecule has 22 heavy (non-hydrogen) atoms. The van der Waals surface area contributed by atoms with Gasteiger partial charge in [0.2, 0.25) is 0 Å². The molecular weight excluding hydrogens is 309 g/mol. The molecule has 3 rings (SSSR count). The maximum Gasteiger partial charge on any atom is 0.276 e. The van der Waals surface area contributed by atoms with Gasteiger partial charge in [0.25, 0.3) is 5.91 Å². The molecule has 6 nitrogen and oxygen atoms in total. The van der Waals surface area contributed by atoms with Gasteiger partial charge in [-0.05, 0) is 31.2 Å². The van der Waals surface area contributed by atoms with E-state index < -0.39 is 0 Å². The van der Waals surface area contributed by atoms with Gasteiger partial charge in [-0.2, -0.15) is 9.90 Å². The van der Waals surface area contributed by atoms with Gasteiger partial charge in [0.1, 0.15) is 5.82 Å². The van der Waals surface area contributed by atoms with Crippen molar-refractivity contribution in [2.45, 2.75) is 13.0 Å². The number of nitrogens with zero attached hydrogens (tertiary/aromatic N) is 4. The molecule has 1 amide bonds. The van der Waals surface area contributed by atoms with E-state index in [1.165, 1.54) is 23.1 Å². The number of carbonyl (C=O) groups is 1. The first-order chi connectivity index (χ1) is 10.1. The van der Waals surface area contributed by atoms with Crippen LogP contribution in [0.1, 0.15) is 17.4 Å². The summed E-state index contributed by atoms with van der Waals surface area (Å²) in [6.45, 7) is 4.13. The molecule has 0 spiro atoms. The summed E-state index contributed by atoms with van der Waals surface area (Å²) in [5.41, 5.74) is 0.914. The van der Waals surface area contributed by atoms with Crippen LogP contribution in [-0.4, -0.2) is 51.5 Å². The predicted molar refractivity (Wildman–Crippen MR) is 81.9 cm³/mol. The lowest BCUT2D eigenvalue weighted by Gasteiger charge is -2.31. The van der Waals surface area contributed by atoms with Crippen molar-refractivity contribution >= 4 is 18.3 Å².